The number of para-hydroxylation sites is 1. The maximum Gasteiger partial charge on any atom is 0.143 e. The number of aryl methyl sites for hydroxylation is 1. The highest BCUT2D eigenvalue weighted by molar-refractivity contribution is 5.82. The smallest absolute Gasteiger partial charge is 0.143 e. The van der Waals surface area contributed by atoms with Gasteiger partial charge >= 0.3 is 0 Å². The lowest BCUT2D eigenvalue weighted by Crippen LogP contribution is -2.34. The van der Waals surface area contributed by atoms with Crippen molar-refractivity contribution in [3.05, 3.63) is 30.0 Å². The molecule has 1 atom stereocenters. The summed E-state index contributed by atoms with van der Waals surface area (Å²) in [7, 11) is 1.96. The van der Waals surface area contributed by atoms with Crippen LogP contribution in [-0.4, -0.2) is 38.8 Å². The van der Waals surface area contributed by atoms with Gasteiger partial charge in [-0.05, 0) is 12.6 Å². The highest BCUT2D eigenvalue weighted by Gasteiger charge is 2.16. The average Bonchev–Trinajstić information content (AvgIpc) is 2.82. The SMILES string of the molecule is CCN(Cc1nn(C)c2ccccc12)CC(C)C(N)=NO. The Hall–Kier alpha value is -2.08. The van der Waals surface area contributed by atoms with E-state index in [0.717, 1.165) is 30.8 Å². The van der Waals surface area contributed by atoms with E-state index in [9.17, 15) is 0 Å². The van der Waals surface area contributed by atoms with Crippen molar-refractivity contribution in [2.24, 2.45) is 23.9 Å². The molecule has 0 saturated carbocycles. The fraction of sp³-hybridized carbons (Fsp3) is 0.467. The predicted molar refractivity (Wildman–Crippen MR) is 84.2 cm³/mol. The standard InChI is InChI=1S/C15H23N5O/c1-4-20(9-11(2)15(16)18-21)10-13-12-7-5-6-8-14(12)19(3)17-13/h5-8,11,21H,4,9-10H2,1-3H3,(H2,16,18). The zero-order valence-electron chi connectivity index (χ0n) is 12.8. The first-order valence-electron chi connectivity index (χ1n) is 7.17. The summed E-state index contributed by atoms with van der Waals surface area (Å²) in [6.07, 6.45) is 0. The van der Waals surface area contributed by atoms with E-state index in [2.05, 4.69) is 34.2 Å². The lowest BCUT2D eigenvalue weighted by atomic mass is 10.1. The molecule has 21 heavy (non-hydrogen) atoms. The zero-order chi connectivity index (χ0) is 15.4. The second-order valence-electron chi connectivity index (χ2n) is 5.34. The summed E-state index contributed by atoms with van der Waals surface area (Å²) in [5.41, 5.74) is 7.85. The normalized spacial score (nSPS) is 14.0. The van der Waals surface area contributed by atoms with Crippen LogP contribution in [-0.2, 0) is 13.6 Å². The van der Waals surface area contributed by atoms with Crippen molar-refractivity contribution in [2.45, 2.75) is 20.4 Å². The molecule has 2 rings (SSSR count). The van der Waals surface area contributed by atoms with Crippen molar-refractivity contribution in [3.63, 3.8) is 0 Å². The third-order valence-corrected chi connectivity index (χ3v) is 3.81. The van der Waals surface area contributed by atoms with Crippen molar-refractivity contribution in [1.82, 2.24) is 14.7 Å². The molecule has 0 fully saturated rings. The van der Waals surface area contributed by atoms with Gasteiger partial charge in [-0.25, -0.2) is 0 Å². The van der Waals surface area contributed by atoms with E-state index in [4.69, 9.17) is 10.9 Å². The van der Waals surface area contributed by atoms with E-state index in [1.165, 1.54) is 5.39 Å². The second-order valence-corrected chi connectivity index (χ2v) is 5.34. The fourth-order valence-corrected chi connectivity index (χ4v) is 2.50. The fourth-order valence-electron chi connectivity index (χ4n) is 2.50. The number of nitrogens with two attached hydrogens (primary N) is 1. The van der Waals surface area contributed by atoms with Gasteiger partial charge in [0, 0.05) is 31.4 Å². The molecule has 114 valence electrons. The highest BCUT2D eigenvalue weighted by Crippen LogP contribution is 2.19. The van der Waals surface area contributed by atoms with Gasteiger partial charge in [-0.1, -0.05) is 37.2 Å². The first-order valence-corrected chi connectivity index (χ1v) is 7.17. The first kappa shape index (κ1) is 15.3. The topological polar surface area (TPSA) is 79.7 Å². The Balaban J connectivity index is 2.17. The quantitative estimate of drug-likeness (QED) is 0.368. The Kier molecular flexibility index (Phi) is 4.80. The van der Waals surface area contributed by atoms with Gasteiger partial charge in [0.25, 0.3) is 0 Å². The average molecular weight is 289 g/mol. The van der Waals surface area contributed by atoms with Crippen LogP contribution in [0.4, 0.5) is 0 Å². The molecule has 0 spiro atoms. The van der Waals surface area contributed by atoms with Crippen molar-refractivity contribution in [1.29, 1.82) is 0 Å². The van der Waals surface area contributed by atoms with Gasteiger partial charge in [-0.2, -0.15) is 5.10 Å². The van der Waals surface area contributed by atoms with Crippen LogP contribution >= 0.6 is 0 Å². The Labute approximate surface area is 124 Å². The molecule has 0 amide bonds. The third kappa shape index (κ3) is 3.33. The Morgan fingerprint density at radius 2 is 2.19 bits per heavy atom. The minimum absolute atomic E-state index is 0.00456. The molecule has 6 heteroatoms. The molecule has 2 aromatic rings. The van der Waals surface area contributed by atoms with Crippen molar-refractivity contribution in [2.75, 3.05) is 13.1 Å². The summed E-state index contributed by atoms with van der Waals surface area (Å²) < 4.78 is 1.91. The van der Waals surface area contributed by atoms with Gasteiger partial charge < -0.3 is 10.9 Å². The van der Waals surface area contributed by atoms with E-state index >= 15 is 0 Å². The van der Waals surface area contributed by atoms with Gasteiger partial charge in [-0.3, -0.25) is 9.58 Å². The summed E-state index contributed by atoms with van der Waals surface area (Å²) in [5, 5.41) is 17.6. The maximum absolute atomic E-state index is 8.75. The molecule has 1 aromatic carbocycles. The Bertz CT molecular complexity index is 634. The van der Waals surface area contributed by atoms with Gasteiger partial charge in [0.2, 0.25) is 0 Å². The minimum atomic E-state index is 0.00456. The number of nitrogens with zero attached hydrogens (tertiary/aromatic N) is 4. The lowest BCUT2D eigenvalue weighted by molar-refractivity contribution is 0.255. The molecular formula is C15H23N5O. The van der Waals surface area contributed by atoms with Crippen LogP contribution in [0.25, 0.3) is 10.9 Å². The van der Waals surface area contributed by atoms with Crippen LogP contribution in [0.15, 0.2) is 29.4 Å². The minimum Gasteiger partial charge on any atom is -0.409 e. The molecule has 0 aliphatic rings. The first-order chi connectivity index (χ1) is 10.1. The van der Waals surface area contributed by atoms with Crippen LogP contribution in [0.1, 0.15) is 19.5 Å². The number of benzene rings is 1. The van der Waals surface area contributed by atoms with Crippen LogP contribution in [0.2, 0.25) is 0 Å². The summed E-state index contributed by atoms with van der Waals surface area (Å²) in [6.45, 7) is 6.42. The largest absolute Gasteiger partial charge is 0.409 e. The molecule has 3 N–H and O–H groups in total. The number of aromatic nitrogens is 2. The van der Waals surface area contributed by atoms with Crippen molar-refractivity contribution >= 4 is 16.7 Å². The highest BCUT2D eigenvalue weighted by atomic mass is 16.4. The molecule has 0 aliphatic carbocycles. The van der Waals surface area contributed by atoms with E-state index in [1.807, 2.05) is 30.8 Å². The third-order valence-electron chi connectivity index (χ3n) is 3.81. The molecule has 1 aromatic heterocycles. The second kappa shape index (κ2) is 6.58. The summed E-state index contributed by atoms with van der Waals surface area (Å²) in [5.74, 6) is 0.268. The van der Waals surface area contributed by atoms with Gasteiger partial charge in [0.1, 0.15) is 5.84 Å². The van der Waals surface area contributed by atoms with E-state index in [0.29, 0.717) is 0 Å². The number of hydrogen-bond acceptors (Lipinski definition) is 4. The maximum atomic E-state index is 8.75. The zero-order valence-corrected chi connectivity index (χ0v) is 12.8. The monoisotopic (exact) mass is 289 g/mol. The van der Waals surface area contributed by atoms with E-state index in [-0.39, 0.29) is 11.8 Å². The van der Waals surface area contributed by atoms with Crippen LogP contribution in [0, 0.1) is 5.92 Å². The molecule has 0 aliphatic heterocycles. The number of rotatable bonds is 6. The lowest BCUT2D eigenvalue weighted by Gasteiger charge is -2.22. The Morgan fingerprint density at radius 3 is 2.86 bits per heavy atom. The molecular weight excluding hydrogens is 266 g/mol. The van der Waals surface area contributed by atoms with Crippen molar-refractivity contribution in [3.8, 4) is 0 Å². The Morgan fingerprint density at radius 1 is 1.48 bits per heavy atom. The summed E-state index contributed by atoms with van der Waals surface area (Å²) >= 11 is 0. The van der Waals surface area contributed by atoms with Gasteiger partial charge in [0.15, 0.2) is 0 Å². The number of amidine groups is 1. The summed E-state index contributed by atoms with van der Waals surface area (Å²) in [6, 6.07) is 8.22. The molecule has 1 heterocycles. The van der Waals surface area contributed by atoms with Gasteiger partial charge in [-0.15, -0.1) is 0 Å². The molecule has 6 nitrogen and oxygen atoms in total. The van der Waals surface area contributed by atoms with Crippen LogP contribution in [0.3, 0.4) is 0 Å². The van der Waals surface area contributed by atoms with E-state index in [1.54, 1.807) is 0 Å². The molecule has 0 radical (unpaired) electrons. The van der Waals surface area contributed by atoms with Gasteiger partial charge in [0.05, 0.1) is 11.2 Å². The molecule has 1 unspecified atom stereocenters. The molecule has 0 bridgehead atoms. The summed E-state index contributed by atoms with van der Waals surface area (Å²) in [4.78, 5) is 2.25. The van der Waals surface area contributed by atoms with Crippen LogP contribution < -0.4 is 5.73 Å². The van der Waals surface area contributed by atoms with E-state index < -0.39 is 0 Å². The van der Waals surface area contributed by atoms with Crippen molar-refractivity contribution < 1.29 is 5.21 Å². The van der Waals surface area contributed by atoms with Crippen LogP contribution in [0.5, 0.6) is 0 Å². The predicted octanol–water partition coefficient (Wildman–Crippen LogP) is 1.78. The number of oxime groups is 1. The number of fused-ring (bicyclic) bond motifs is 1. The molecule has 0 saturated heterocycles. The number of hydrogen-bond donors (Lipinski definition) is 2.